The predicted molar refractivity (Wildman–Crippen MR) is 62.7 cm³/mol. The average Bonchev–Trinajstić information content (AvgIpc) is 2.13. The number of amides is 1. The van der Waals surface area contributed by atoms with Crippen LogP contribution in [0.25, 0.3) is 0 Å². The molecule has 0 unspecified atom stereocenters. The second-order valence-corrected chi connectivity index (χ2v) is 4.11. The summed E-state index contributed by atoms with van der Waals surface area (Å²) < 4.78 is 0. The number of allylic oxidation sites excluding steroid dienone is 1. The highest BCUT2D eigenvalue weighted by Gasteiger charge is 2.28. The van der Waals surface area contributed by atoms with Crippen LogP contribution in [0, 0.1) is 0 Å². The Morgan fingerprint density at radius 2 is 2.13 bits per heavy atom. The molecule has 1 N–H and O–H groups in total. The van der Waals surface area contributed by atoms with Gasteiger partial charge in [0.05, 0.1) is 6.04 Å². The van der Waals surface area contributed by atoms with Crippen molar-refractivity contribution < 1.29 is 4.79 Å². The van der Waals surface area contributed by atoms with Gasteiger partial charge in [0.25, 0.3) is 0 Å². The second kappa shape index (κ2) is 5.91. The molecule has 0 aromatic carbocycles. The van der Waals surface area contributed by atoms with Crippen LogP contribution in [0.15, 0.2) is 11.6 Å². The second-order valence-electron chi connectivity index (χ2n) is 4.11. The molecule has 3 nitrogen and oxygen atoms in total. The lowest BCUT2D eigenvalue weighted by atomic mass is 10.1. The summed E-state index contributed by atoms with van der Waals surface area (Å²) in [5.74, 6) is 0.213. The summed E-state index contributed by atoms with van der Waals surface area (Å²) in [4.78, 5) is 14.1. The van der Waals surface area contributed by atoms with Gasteiger partial charge in [-0.3, -0.25) is 4.79 Å². The SMILES string of the molecule is CCC=C(C)C(=O)N(CCC)C1CNC1. The molecule has 1 heterocycles. The van der Waals surface area contributed by atoms with Gasteiger partial charge in [-0.1, -0.05) is 19.9 Å². The number of rotatable bonds is 5. The molecule has 1 saturated heterocycles. The Hall–Kier alpha value is -0.830. The van der Waals surface area contributed by atoms with Crippen molar-refractivity contribution in [2.45, 2.75) is 39.7 Å². The molecule has 3 heteroatoms. The molecule has 0 saturated carbocycles. The maximum atomic E-state index is 12.1. The molecule has 1 fully saturated rings. The van der Waals surface area contributed by atoms with Gasteiger partial charge in [-0.2, -0.15) is 0 Å². The topological polar surface area (TPSA) is 32.3 Å². The van der Waals surface area contributed by atoms with Gasteiger partial charge in [0, 0.05) is 25.2 Å². The average molecular weight is 210 g/mol. The molecular weight excluding hydrogens is 188 g/mol. The van der Waals surface area contributed by atoms with E-state index in [1.165, 1.54) is 0 Å². The summed E-state index contributed by atoms with van der Waals surface area (Å²) in [6.45, 7) is 8.87. The van der Waals surface area contributed by atoms with E-state index in [0.717, 1.165) is 38.0 Å². The zero-order valence-corrected chi connectivity index (χ0v) is 10.0. The van der Waals surface area contributed by atoms with E-state index in [9.17, 15) is 4.79 Å². The maximum absolute atomic E-state index is 12.1. The molecule has 1 aliphatic rings. The van der Waals surface area contributed by atoms with Crippen LogP contribution in [-0.2, 0) is 4.79 Å². The van der Waals surface area contributed by atoms with Crippen molar-refractivity contribution in [3.63, 3.8) is 0 Å². The van der Waals surface area contributed by atoms with Gasteiger partial charge in [-0.15, -0.1) is 0 Å². The molecule has 1 aliphatic heterocycles. The monoisotopic (exact) mass is 210 g/mol. The Balaban J connectivity index is 2.61. The van der Waals surface area contributed by atoms with Crippen molar-refractivity contribution >= 4 is 5.91 Å². The summed E-state index contributed by atoms with van der Waals surface area (Å²) >= 11 is 0. The first-order valence-corrected chi connectivity index (χ1v) is 5.89. The maximum Gasteiger partial charge on any atom is 0.249 e. The van der Waals surface area contributed by atoms with Crippen molar-refractivity contribution in [2.24, 2.45) is 0 Å². The van der Waals surface area contributed by atoms with Crippen LogP contribution < -0.4 is 5.32 Å². The van der Waals surface area contributed by atoms with Gasteiger partial charge in [-0.25, -0.2) is 0 Å². The molecule has 0 aliphatic carbocycles. The first kappa shape index (κ1) is 12.2. The van der Waals surface area contributed by atoms with Gasteiger partial charge in [0.1, 0.15) is 0 Å². The molecule has 86 valence electrons. The first-order chi connectivity index (χ1) is 7.20. The van der Waals surface area contributed by atoms with Crippen LogP contribution in [0.5, 0.6) is 0 Å². The summed E-state index contributed by atoms with van der Waals surface area (Å²) in [6.07, 6.45) is 3.97. The third-order valence-electron chi connectivity index (χ3n) is 2.77. The van der Waals surface area contributed by atoms with Crippen LogP contribution in [0.4, 0.5) is 0 Å². The minimum absolute atomic E-state index is 0.213. The molecule has 15 heavy (non-hydrogen) atoms. The third-order valence-corrected chi connectivity index (χ3v) is 2.77. The highest BCUT2D eigenvalue weighted by Crippen LogP contribution is 2.11. The van der Waals surface area contributed by atoms with Crippen molar-refractivity contribution in [3.8, 4) is 0 Å². The molecule has 0 spiro atoms. The first-order valence-electron chi connectivity index (χ1n) is 5.89. The van der Waals surface area contributed by atoms with E-state index in [2.05, 4.69) is 19.2 Å². The molecule has 1 amide bonds. The molecule has 0 aromatic heterocycles. The number of hydrogen-bond acceptors (Lipinski definition) is 2. The van der Waals surface area contributed by atoms with Gasteiger partial charge in [-0.05, 0) is 19.8 Å². The number of carbonyl (C=O) groups excluding carboxylic acids is 1. The van der Waals surface area contributed by atoms with E-state index in [4.69, 9.17) is 0 Å². The van der Waals surface area contributed by atoms with E-state index in [-0.39, 0.29) is 5.91 Å². The highest BCUT2D eigenvalue weighted by atomic mass is 16.2. The fraction of sp³-hybridized carbons (Fsp3) is 0.750. The number of nitrogens with zero attached hydrogens (tertiary/aromatic N) is 1. The van der Waals surface area contributed by atoms with Gasteiger partial charge < -0.3 is 10.2 Å². The largest absolute Gasteiger partial charge is 0.333 e. The Kier molecular flexibility index (Phi) is 4.82. The van der Waals surface area contributed by atoms with Crippen LogP contribution in [0.2, 0.25) is 0 Å². The molecule has 0 radical (unpaired) electrons. The Morgan fingerprint density at radius 3 is 2.53 bits per heavy atom. The van der Waals surface area contributed by atoms with Crippen LogP contribution >= 0.6 is 0 Å². The Bertz CT molecular complexity index is 244. The number of hydrogen-bond donors (Lipinski definition) is 1. The Morgan fingerprint density at radius 1 is 1.47 bits per heavy atom. The molecule has 0 aromatic rings. The molecule has 1 rings (SSSR count). The minimum atomic E-state index is 0.213. The minimum Gasteiger partial charge on any atom is -0.333 e. The fourth-order valence-corrected chi connectivity index (χ4v) is 1.80. The summed E-state index contributed by atoms with van der Waals surface area (Å²) in [6, 6.07) is 0.414. The van der Waals surface area contributed by atoms with Crippen LogP contribution in [0.1, 0.15) is 33.6 Å². The lowest BCUT2D eigenvalue weighted by Gasteiger charge is -2.38. The van der Waals surface area contributed by atoms with Gasteiger partial charge in [0.2, 0.25) is 5.91 Å². The van der Waals surface area contributed by atoms with Crippen molar-refractivity contribution in [2.75, 3.05) is 19.6 Å². The lowest BCUT2D eigenvalue weighted by Crippen LogP contribution is -2.59. The van der Waals surface area contributed by atoms with Crippen molar-refractivity contribution in [3.05, 3.63) is 11.6 Å². The summed E-state index contributed by atoms with van der Waals surface area (Å²) in [5, 5.41) is 3.21. The Labute approximate surface area is 92.5 Å². The summed E-state index contributed by atoms with van der Waals surface area (Å²) in [5.41, 5.74) is 0.887. The standard InChI is InChI=1S/C12H22N2O/c1-4-6-10(3)12(15)14(7-5-2)11-8-13-9-11/h6,11,13H,4-5,7-9H2,1-3H3. The van der Waals surface area contributed by atoms with Gasteiger partial charge in [0.15, 0.2) is 0 Å². The molecule has 0 atom stereocenters. The van der Waals surface area contributed by atoms with Crippen molar-refractivity contribution in [1.82, 2.24) is 10.2 Å². The van der Waals surface area contributed by atoms with Crippen LogP contribution in [0.3, 0.4) is 0 Å². The fourth-order valence-electron chi connectivity index (χ4n) is 1.80. The van der Waals surface area contributed by atoms with E-state index < -0.39 is 0 Å². The highest BCUT2D eigenvalue weighted by molar-refractivity contribution is 5.93. The van der Waals surface area contributed by atoms with Crippen LogP contribution in [-0.4, -0.2) is 36.5 Å². The molecule has 0 bridgehead atoms. The number of nitrogens with one attached hydrogen (secondary N) is 1. The van der Waals surface area contributed by atoms with Gasteiger partial charge >= 0.3 is 0 Å². The van der Waals surface area contributed by atoms with E-state index in [1.807, 2.05) is 17.9 Å². The summed E-state index contributed by atoms with van der Waals surface area (Å²) in [7, 11) is 0. The van der Waals surface area contributed by atoms with E-state index >= 15 is 0 Å². The molecular formula is C12H22N2O. The zero-order valence-electron chi connectivity index (χ0n) is 10.0. The lowest BCUT2D eigenvalue weighted by molar-refractivity contribution is -0.130. The van der Waals surface area contributed by atoms with E-state index in [0.29, 0.717) is 6.04 Å². The van der Waals surface area contributed by atoms with E-state index in [1.54, 1.807) is 0 Å². The zero-order chi connectivity index (χ0) is 11.3. The smallest absolute Gasteiger partial charge is 0.249 e. The predicted octanol–water partition coefficient (Wildman–Crippen LogP) is 1.55. The normalized spacial score (nSPS) is 17.4. The quantitative estimate of drug-likeness (QED) is 0.698. The number of carbonyl (C=O) groups is 1. The van der Waals surface area contributed by atoms with Crippen molar-refractivity contribution in [1.29, 1.82) is 0 Å². The third kappa shape index (κ3) is 3.06.